The third-order valence-corrected chi connectivity index (χ3v) is 3.93. The largest absolute Gasteiger partial charge is 0.382 e. The van der Waals surface area contributed by atoms with E-state index < -0.39 is 0 Å². The second-order valence-electron chi connectivity index (χ2n) is 6.08. The first-order valence-corrected chi connectivity index (χ1v) is 6.88. The number of anilines is 1. The Kier molecular flexibility index (Phi) is 3.76. The summed E-state index contributed by atoms with van der Waals surface area (Å²) in [5, 5.41) is 3.75. The van der Waals surface area contributed by atoms with E-state index in [0.29, 0.717) is 6.04 Å². The van der Waals surface area contributed by atoms with E-state index in [1.165, 1.54) is 36.1 Å². The third kappa shape index (κ3) is 3.24. The van der Waals surface area contributed by atoms with Crippen molar-refractivity contribution < 1.29 is 0 Å². The molecule has 2 rings (SSSR count). The van der Waals surface area contributed by atoms with Crippen LogP contribution < -0.4 is 5.32 Å². The Labute approximate surface area is 106 Å². The van der Waals surface area contributed by atoms with E-state index in [9.17, 15) is 0 Å². The van der Waals surface area contributed by atoms with Gasteiger partial charge in [-0.2, -0.15) is 0 Å². The number of hydrogen-bond donors (Lipinski definition) is 1. The zero-order valence-corrected chi connectivity index (χ0v) is 11.6. The average Bonchev–Trinajstić information content (AvgIpc) is 2.22. The molecule has 1 saturated carbocycles. The molecule has 1 aliphatic rings. The van der Waals surface area contributed by atoms with Gasteiger partial charge in [-0.3, -0.25) is 0 Å². The van der Waals surface area contributed by atoms with E-state index in [-0.39, 0.29) is 0 Å². The van der Waals surface area contributed by atoms with Crippen LogP contribution in [0.3, 0.4) is 0 Å². The Hall–Kier alpha value is -0.980. The molecule has 1 N–H and O–H groups in total. The zero-order chi connectivity index (χ0) is 12.4. The van der Waals surface area contributed by atoms with Crippen molar-refractivity contribution in [1.29, 1.82) is 0 Å². The Morgan fingerprint density at radius 2 is 1.65 bits per heavy atom. The molecule has 17 heavy (non-hydrogen) atoms. The molecule has 0 bridgehead atoms. The normalized spacial score (nSPS) is 29.1. The molecule has 0 saturated heterocycles. The van der Waals surface area contributed by atoms with Crippen molar-refractivity contribution in [3.63, 3.8) is 0 Å². The van der Waals surface area contributed by atoms with Gasteiger partial charge in [0.15, 0.2) is 0 Å². The van der Waals surface area contributed by atoms with Gasteiger partial charge in [0.1, 0.15) is 0 Å². The van der Waals surface area contributed by atoms with Gasteiger partial charge in [-0.25, -0.2) is 0 Å². The van der Waals surface area contributed by atoms with Gasteiger partial charge in [-0.05, 0) is 62.1 Å². The molecule has 1 nitrogen and oxygen atoms in total. The molecule has 1 aliphatic carbocycles. The average molecular weight is 231 g/mol. The van der Waals surface area contributed by atoms with E-state index >= 15 is 0 Å². The lowest BCUT2D eigenvalue weighted by atomic mass is 9.80. The molecular formula is C16H25N. The van der Waals surface area contributed by atoms with E-state index in [0.717, 1.165) is 11.8 Å². The van der Waals surface area contributed by atoms with Crippen LogP contribution in [0.2, 0.25) is 0 Å². The number of nitrogens with one attached hydrogen (secondary N) is 1. The molecule has 1 fully saturated rings. The summed E-state index contributed by atoms with van der Waals surface area (Å²) >= 11 is 0. The lowest BCUT2D eigenvalue weighted by Gasteiger charge is -2.33. The lowest BCUT2D eigenvalue weighted by molar-refractivity contribution is 0.281. The molecule has 0 aromatic heterocycles. The van der Waals surface area contributed by atoms with Gasteiger partial charge in [0.25, 0.3) is 0 Å². The van der Waals surface area contributed by atoms with Crippen molar-refractivity contribution in [1.82, 2.24) is 0 Å². The number of benzene rings is 1. The highest BCUT2D eigenvalue weighted by Crippen LogP contribution is 2.31. The van der Waals surface area contributed by atoms with Gasteiger partial charge in [0, 0.05) is 11.7 Å². The fourth-order valence-corrected chi connectivity index (χ4v) is 3.18. The molecule has 1 heteroatoms. The SMILES string of the molecule is Cc1ccc(C)c(NC2CC(C)CC(C)C2)c1. The second-order valence-corrected chi connectivity index (χ2v) is 6.08. The van der Waals surface area contributed by atoms with Gasteiger partial charge in [0.05, 0.1) is 0 Å². The lowest BCUT2D eigenvalue weighted by Crippen LogP contribution is -2.30. The van der Waals surface area contributed by atoms with Crippen molar-refractivity contribution in [3.8, 4) is 0 Å². The molecule has 0 amide bonds. The Balaban J connectivity index is 2.07. The van der Waals surface area contributed by atoms with E-state index in [1.807, 2.05) is 0 Å². The van der Waals surface area contributed by atoms with Crippen LogP contribution in [0.15, 0.2) is 18.2 Å². The Morgan fingerprint density at radius 3 is 2.29 bits per heavy atom. The van der Waals surface area contributed by atoms with Crippen LogP contribution in [0, 0.1) is 25.7 Å². The Bertz CT molecular complexity index is 373. The summed E-state index contributed by atoms with van der Waals surface area (Å²) < 4.78 is 0. The van der Waals surface area contributed by atoms with Crippen LogP contribution in [-0.2, 0) is 0 Å². The molecule has 2 atom stereocenters. The van der Waals surface area contributed by atoms with Crippen LogP contribution >= 0.6 is 0 Å². The minimum Gasteiger partial charge on any atom is -0.382 e. The van der Waals surface area contributed by atoms with Gasteiger partial charge in [-0.15, -0.1) is 0 Å². The molecule has 0 aliphatic heterocycles. The summed E-state index contributed by atoms with van der Waals surface area (Å²) in [6, 6.07) is 7.34. The van der Waals surface area contributed by atoms with Gasteiger partial charge in [-0.1, -0.05) is 26.0 Å². The molecule has 1 aromatic carbocycles. The van der Waals surface area contributed by atoms with Crippen LogP contribution in [-0.4, -0.2) is 6.04 Å². The maximum absolute atomic E-state index is 3.75. The van der Waals surface area contributed by atoms with Crippen molar-refractivity contribution >= 4 is 5.69 Å². The van der Waals surface area contributed by atoms with Crippen molar-refractivity contribution in [2.24, 2.45) is 11.8 Å². The summed E-state index contributed by atoms with van der Waals surface area (Å²) in [5.41, 5.74) is 4.03. The van der Waals surface area contributed by atoms with E-state index in [1.54, 1.807) is 0 Å². The predicted octanol–water partition coefficient (Wildman–Crippen LogP) is 4.54. The summed E-state index contributed by atoms with van der Waals surface area (Å²) in [6.07, 6.45) is 4.03. The number of hydrogen-bond acceptors (Lipinski definition) is 1. The van der Waals surface area contributed by atoms with Crippen molar-refractivity contribution in [2.75, 3.05) is 5.32 Å². The molecule has 0 radical (unpaired) electrons. The molecule has 0 heterocycles. The summed E-state index contributed by atoms with van der Waals surface area (Å²) in [6.45, 7) is 9.12. The standard InChI is InChI=1S/C16H25N/c1-11-5-6-14(4)16(10-11)17-15-8-12(2)7-13(3)9-15/h5-6,10,12-13,15,17H,7-9H2,1-4H3. The predicted molar refractivity (Wildman–Crippen MR) is 75.5 cm³/mol. The highest BCUT2D eigenvalue weighted by Gasteiger charge is 2.23. The minimum absolute atomic E-state index is 0.661. The maximum atomic E-state index is 3.75. The monoisotopic (exact) mass is 231 g/mol. The van der Waals surface area contributed by atoms with Crippen LogP contribution in [0.5, 0.6) is 0 Å². The molecule has 94 valence electrons. The fourth-order valence-electron chi connectivity index (χ4n) is 3.18. The molecule has 0 spiro atoms. The molecule has 2 unspecified atom stereocenters. The summed E-state index contributed by atoms with van der Waals surface area (Å²) in [5.74, 6) is 1.72. The topological polar surface area (TPSA) is 12.0 Å². The van der Waals surface area contributed by atoms with Crippen LogP contribution in [0.1, 0.15) is 44.2 Å². The minimum atomic E-state index is 0.661. The third-order valence-electron chi connectivity index (χ3n) is 3.93. The van der Waals surface area contributed by atoms with E-state index in [4.69, 9.17) is 0 Å². The number of aryl methyl sites for hydroxylation is 2. The van der Waals surface area contributed by atoms with Gasteiger partial charge in [0.2, 0.25) is 0 Å². The van der Waals surface area contributed by atoms with Gasteiger partial charge < -0.3 is 5.32 Å². The first-order chi connectivity index (χ1) is 8.04. The zero-order valence-electron chi connectivity index (χ0n) is 11.6. The van der Waals surface area contributed by atoms with Crippen molar-refractivity contribution in [3.05, 3.63) is 29.3 Å². The first-order valence-electron chi connectivity index (χ1n) is 6.88. The highest BCUT2D eigenvalue weighted by molar-refractivity contribution is 5.53. The first kappa shape index (κ1) is 12.5. The van der Waals surface area contributed by atoms with E-state index in [2.05, 4.69) is 51.2 Å². The molecular weight excluding hydrogens is 206 g/mol. The quantitative estimate of drug-likeness (QED) is 0.788. The van der Waals surface area contributed by atoms with Gasteiger partial charge >= 0.3 is 0 Å². The van der Waals surface area contributed by atoms with Crippen molar-refractivity contribution in [2.45, 2.75) is 53.0 Å². The molecule has 1 aromatic rings. The smallest absolute Gasteiger partial charge is 0.0374 e. The summed E-state index contributed by atoms with van der Waals surface area (Å²) in [7, 11) is 0. The van der Waals surface area contributed by atoms with Crippen LogP contribution in [0.25, 0.3) is 0 Å². The van der Waals surface area contributed by atoms with Crippen LogP contribution in [0.4, 0.5) is 5.69 Å². The Morgan fingerprint density at radius 1 is 1.00 bits per heavy atom. The summed E-state index contributed by atoms with van der Waals surface area (Å²) in [4.78, 5) is 0. The number of rotatable bonds is 2. The fraction of sp³-hybridized carbons (Fsp3) is 0.625. The highest BCUT2D eigenvalue weighted by atomic mass is 14.9. The second kappa shape index (κ2) is 5.12. The maximum Gasteiger partial charge on any atom is 0.0374 e.